The van der Waals surface area contributed by atoms with Crippen molar-refractivity contribution in [2.45, 2.75) is 0 Å². The van der Waals surface area contributed by atoms with E-state index in [1.165, 1.54) is 31.4 Å². The van der Waals surface area contributed by atoms with Gasteiger partial charge >= 0.3 is 0 Å². The first kappa shape index (κ1) is 29.8. The van der Waals surface area contributed by atoms with Crippen molar-refractivity contribution < 1.29 is 59.5 Å². The van der Waals surface area contributed by atoms with Gasteiger partial charge in [0.25, 0.3) is 0 Å². The maximum atomic E-state index is 12.2. The lowest BCUT2D eigenvalue weighted by Crippen LogP contribution is -2.03. The molecule has 14 nitrogen and oxygen atoms in total. The molecular weight excluding hydrogens is 596 g/mol. The summed E-state index contributed by atoms with van der Waals surface area (Å²) >= 11 is 0. The fraction of sp³-hybridized carbons (Fsp3) is 0.0323. The molecule has 230 valence electrons. The normalized spacial score (nSPS) is 10.9. The van der Waals surface area contributed by atoms with Gasteiger partial charge in [-0.25, -0.2) is 0 Å². The van der Waals surface area contributed by atoms with Crippen molar-refractivity contribution in [1.29, 1.82) is 0 Å². The lowest BCUT2D eigenvalue weighted by molar-refractivity contribution is 0.373. The summed E-state index contributed by atoms with van der Waals surface area (Å²) in [7, 11) is 1.38. The number of phenols is 7. The minimum absolute atomic E-state index is 0.101. The molecule has 0 spiro atoms. The van der Waals surface area contributed by atoms with Gasteiger partial charge in [0.2, 0.25) is 22.4 Å². The topological polar surface area (TPSA) is 252 Å². The zero-order valence-corrected chi connectivity index (χ0v) is 22.8. The molecule has 0 unspecified atom stereocenters. The van der Waals surface area contributed by atoms with E-state index < -0.39 is 39.6 Å². The number of methoxy groups -OCH3 is 1. The van der Waals surface area contributed by atoms with Crippen molar-refractivity contribution in [3.05, 3.63) is 81.1 Å². The summed E-state index contributed by atoms with van der Waals surface area (Å²) in [6, 6.07) is 11.9. The van der Waals surface area contributed by atoms with Crippen LogP contribution in [0.2, 0.25) is 0 Å². The molecular formula is C31H22O14. The third kappa shape index (κ3) is 5.34. The summed E-state index contributed by atoms with van der Waals surface area (Å²) in [5, 5.41) is 86.5. The standard InChI is InChI=1S/C16H12O7.C15H10O7/c1-22-11-3-2-7(4-9(11)18)16-15(21)14(20)13-10(19)5-8(17)6-12(13)23-16;16-7-4-10(19)12-11(5-7)22-15(14(21)13(12)20)6-1-2-8(17)9(18)3-6/h2-6,17-19,21H,1H3;1-5,16-19,21H. The third-order valence-electron chi connectivity index (χ3n) is 6.55. The van der Waals surface area contributed by atoms with Gasteiger partial charge in [0.15, 0.2) is 34.5 Å². The number of fused-ring (bicyclic) bond motifs is 2. The zero-order valence-electron chi connectivity index (χ0n) is 22.8. The lowest BCUT2D eigenvalue weighted by Gasteiger charge is -2.09. The molecule has 0 aliphatic rings. The fourth-order valence-electron chi connectivity index (χ4n) is 4.44. The van der Waals surface area contributed by atoms with Gasteiger partial charge in [0.05, 0.1) is 7.11 Å². The molecule has 0 radical (unpaired) electrons. The van der Waals surface area contributed by atoms with E-state index >= 15 is 0 Å². The second-order valence-corrected chi connectivity index (χ2v) is 9.48. The van der Waals surface area contributed by atoms with Crippen LogP contribution >= 0.6 is 0 Å². The number of rotatable bonds is 3. The number of phenolic OH excluding ortho intramolecular Hbond substituents is 7. The van der Waals surface area contributed by atoms with Gasteiger partial charge in [-0.1, -0.05) is 0 Å². The molecule has 0 bridgehead atoms. The smallest absolute Gasteiger partial charge is 0.238 e. The number of aromatic hydroxyl groups is 9. The monoisotopic (exact) mass is 618 g/mol. The minimum Gasteiger partial charge on any atom is -0.508 e. The SMILES string of the molecule is COc1ccc(-c2oc3cc(O)cc(O)c3c(=O)c2O)cc1O.O=c1c(O)c(-c2ccc(O)c(O)c2)oc2cc(O)cc(O)c12. The van der Waals surface area contributed by atoms with E-state index in [9.17, 15) is 55.5 Å². The summed E-state index contributed by atoms with van der Waals surface area (Å²) in [6.07, 6.45) is 0. The van der Waals surface area contributed by atoms with Crippen LogP contribution in [0.1, 0.15) is 0 Å². The highest BCUT2D eigenvalue weighted by Gasteiger charge is 2.21. The highest BCUT2D eigenvalue weighted by atomic mass is 16.5. The molecule has 9 N–H and O–H groups in total. The minimum atomic E-state index is -0.888. The highest BCUT2D eigenvalue weighted by Crippen LogP contribution is 2.39. The Kier molecular flexibility index (Phi) is 7.40. The first-order chi connectivity index (χ1) is 21.3. The van der Waals surface area contributed by atoms with Crippen molar-refractivity contribution in [2.24, 2.45) is 0 Å². The van der Waals surface area contributed by atoms with E-state index in [0.29, 0.717) is 0 Å². The lowest BCUT2D eigenvalue weighted by atomic mass is 10.1. The Bertz CT molecular complexity index is 2250. The molecule has 0 aliphatic heterocycles. The van der Waals surface area contributed by atoms with Crippen LogP contribution in [0.4, 0.5) is 0 Å². The van der Waals surface area contributed by atoms with E-state index in [4.69, 9.17) is 13.6 Å². The van der Waals surface area contributed by atoms with Crippen molar-refractivity contribution in [2.75, 3.05) is 7.11 Å². The van der Waals surface area contributed by atoms with Crippen LogP contribution in [0.15, 0.2) is 79.1 Å². The van der Waals surface area contributed by atoms with Gasteiger partial charge in [-0.2, -0.15) is 0 Å². The molecule has 6 rings (SSSR count). The van der Waals surface area contributed by atoms with Gasteiger partial charge < -0.3 is 59.5 Å². The molecule has 0 atom stereocenters. The van der Waals surface area contributed by atoms with Gasteiger partial charge in [0, 0.05) is 35.4 Å². The number of benzene rings is 4. The van der Waals surface area contributed by atoms with Crippen LogP contribution < -0.4 is 15.6 Å². The van der Waals surface area contributed by atoms with Gasteiger partial charge in [-0.3, -0.25) is 9.59 Å². The summed E-state index contributed by atoms with van der Waals surface area (Å²) < 4.78 is 15.7. The highest BCUT2D eigenvalue weighted by molar-refractivity contribution is 5.89. The van der Waals surface area contributed by atoms with Gasteiger partial charge in [0.1, 0.15) is 44.9 Å². The molecule has 2 aromatic heterocycles. The van der Waals surface area contributed by atoms with E-state index in [1.54, 1.807) is 0 Å². The molecule has 0 saturated heterocycles. The molecule has 0 saturated carbocycles. The van der Waals surface area contributed by atoms with Crippen LogP contribution in [-0.4, -0.2) is 53.1 Å². The van der Waals surface area contributed by atoms with Gasteiger partial charge in [-0.15, -0.1) is 0 Å². The Balaban J connectivity index is 0.000000178. The second-order valence-electron chi connectivity index (χ2n) is 9.48. The fourth-order valence-corrected chi connectivity index (χ4v) is 4.44. The van der Waals surface area contributed by atoms with Crippen LogP contribution in [-0.2, 0) is 0 Å². The molecule has 0 fully saturated rings. The van der Waals surface area contributed by atoms with Crippen molar-refractivity contribution in [3.8, 4) is 80.1 Å². The number of hydrogen-bond donors (Lipinski definition) is 9. The van der Waals surface area contributed by atoms with Gasteiger partial charge in [-0.05, 0) is 36.4 Å². The second kappa shape index (κ2) is 11.2. The van der Waals surface area contributed by atoms with Crippen molar-refractivity contribution in [3.63, 3.8) is 0 Å². The summed E-state index contributed by atoms with van der Waals surface area (Å²) in [5.74, 6) is -4.43. The third-order valence-corrected chi connectivity index (χ3v) is 6.55. The van der Waals surface area contributed by atoms with Crippen LogP contribution in [0, 0.1) is 0 Å². The van der Waals surface area contributed by atoms with Crippen LogP contribution in [0.25, 0.3) is 44.6 Å². The van der Waals surface area contributed by atoms with E-state index in [1.807, 2.05) is 0 Å². The maximum absolute atomic E-state index is 12.2. The molecule has 6 aromatic rings. The first-order valence-electron chi connectivity index (χ1n) is 12.6. The van der Waals surface area contributed by atoms with E-state index in [-0.39, 0.29) is 73.3 Å². The molecule has 2 heterocycles. The molecule has 45 heavy (non-hydrogen) atoms. The van der Waals surface area contributed by atoms with Crippen LogP contribution in [0.5, 0.6) is 57.5 Å². The number of hydrogen-bond acceptors (Lipinski definition) is 14. The van der Waals surface area contributed by atoms with E-state index in [2.05, 4.69) is 0 Å². The Morgan fingerprint density at radius 3 is 1.38 bits per heavy atom. The Morgan fingerprint density at radius 1 is 0.511 bits per heavy atom. The largest absolute Gasteiger partial charge is 0.508 e. The molecule has 4 aromatic carbocycles. The Labute approximate surface area is 250 Å². The summed E-state index contributed by atoms with van der Waals surface area (Å²) in [6.45, 7) is 0. The van der Waals surface area contributed by atoms with Crippen molar-refractivity contribution in [1.82, 2.24) is 0 Å². The number of ether oxygens (including phenoxy) is 1. The Hall–Kier alpha value is -6.70. The maximum Gasteiger partial charge on any atom is 0.238 e. The first-order valence-corrected chi connectivity index (χ1v) is 12.6. The average Bonchev–Trinajstić information content (AvgIpc) is 2.97. The molecule has 14 heteroatoms. The zero-order chi connectivity index (χ0) is 32.7. The van der Waals surface area contributed by atoms with Crippen LogP contribution in [0.3, 0.4) is 0 Å². The quantitative estimate of drug-likeness (QED) is 0.126. The molecule has 0 aliphatic carbocycles. The summed E-state index contributed by atoms with van der Waals surface area (Å²) in [5.41, 5.74) is -1.62. The van der Waals surface area contributed by atoms with E-state index in [0.717, 1.165) is 36.4 Å². The Morgan fingerprint density at radius 2 is 0.956 bits per heavy atom. The predicted molar refractivity (Wildman–Crippen MR) is 157 cm³/mol. The van der Waals surface area contributed by atoms with Crippen molar-refractivity contribution >= 4 is 21.9 Å². The predicted octanol–water partition coefficient (Wildman–Crippen LogP) is 4.28. The average molecular weight is 619 g/mol. The summed E-state index contributed by atoms with van der Waals surface area (Å²) in [4.78, 5) is 24.4. The molecule has 0 amide bonds.